The molecule has 2 aromatic carbocycles. The normalized spacial score (nSPS) is 14.9. The molecule has 1 N–H and O–H groups in total. The van der Waals surface area contributed by atoms with Gasteiger partial charge in [0.05, 0.1) is 12.0 Å². The van der Waals surface area contributed by atoms with Gasteiger partial charge in [-0.15, -0.1) is 0 Å². The second kappa shape index (κ2) is 12.7. The maximum atomic E-state index is 11.1. The van der Waals surface area contributed by atoms with Crippen LogP contribution in [0.3, 0.4) is 0 Å². The van der Waals surface area contributed by atoms with E-state index in [0.717, 1.165) is 55.4 Å². The topological polar surface area (TPSA) is 89.7 Å². The number of anilines is 1. The van der Waals surface area contributed by atoms with Crippen molar-refractivity contribution in [3.8, 4) is 11.8 Å². The molecule has 190 valence electrons. The summed E-state index contributed by atoms with van der Waals surface area (Å²) < 4.78 is 5.95. The van der Waals surface area contributed by atoms with Gasteiger partial charge in [-0.3, -0.25) is 9.69 Å². The highest BCUT2D eigenvalue weighted by Gasteiger charge is 2.18. The van der Waals surface area contributed by atoms with Crippen molar-refractivity contribution in [1.82, 2.24) is 9.88 Å². The van der Waals surface area contributed by atoms with Crippen LogP contribution in [0.25, 0.3) is 0 Å². The number of carboxylic acid groups (broad SMARTS) is 1. The Morgan fingerprint density at radius 1 is 1.05 bits per heavy atom. The molecule has 0 spiro atoms. The molecular formula is C30H32N4O3. The van der Waals surface area contributed by atoms with Gasteiger partial charge in [0.25, 0.3) is 0 Å². The Morgan fingerprint density at radius 2 is 1.76 bits per heavy atom. The molecule has 3 aromatic rings. The Hall–Kier alpha value is -4.15. The van der Waals surface area contributed by atoms with Gasteiger partial charge in [-0.25, -0.2) is 4.98 Å². The molecule has 1 atom stereocenters. The lowest BCUT2D eigenvalue weighted by molar-refractivity contribution is -0.137. The zero-order chi connectivity index (χ0) is 26.0. The molecule has 0 saturated carbocycles. The lowest BCUT2D eigenvalue weighted by Crippen LogP contribution is -2.46. The molecule has 1 saturated heterocycles. The fourth-order valence-electron chi connectivity index (χ4n) is 4.47. The van der Waals surface area contributed by atoms with E-state index in [1.807, 2.05) is 55.5 Å². The maximum absolute atomic E-state index is 11.1. The minimum Gasteiger partial charge on any atom is -0.489 e. The summed E-state index contributed by atoms with van der Waals surface area (Å²) in [4.78, 5) is 20.2. The largest absolute Gasteiger partial charge is 0.489 e. The summed E-state index contributed by atoms with van der Waals surface area (Å²) in [5.74, 6) is 0.738. The molecule has 0 aliphatic carbocycles. The summed E-state index contributed by atoms with van der Waals surface area (Å²) in [6.07, 6.45) is 5.50. The van der Waals surface area contributed by atoms with Crippen LogP contribution in [-0.2, 0) is 17.9 Å². The predicted molar refractivity (Wildman–Crippen MR) is 143 cm³/mol. The van der Waals surface area contributed by atoms with Gasteiger partial charge < -0.3 is 14.7 Å². The van der Waals surface area contributed by atoms with Crippen molar-refractivity contribution in [2.24, 2.45) is 0 Å². The van der Waals surface area contributed by atoms with Gasteiger partial charge in [-0.2, -0.15) is 5.26 Å². The molecule has 2 heterocycles. The van der Waals surface area contributed by atoms with Crippen LogP contribution in [0, 0.1) is 11.3 Å². The molecule has 0 amide bonds. The average Bonchev–Trinajstić information content (AvgIpc) is 2.93. The number of benzene rings is 2. The number of nitriles is 1. The molecule has 1 aromatic heterocycles. The summed E-state index contributed by atoms with van der Waals surface area (Å²) >= 11 is 0. The summed E-state index contributed by atoms with van der Waals surface area (Å²) in [5.41, 5.74) is 3.92. The number of carboxylic acids is 1. The van der Waals surface area contributed by atoms with Crippen molar-refractivity contribution < 1.29 is 14.6 Å². The molecule has 4 rings (SSSR count). The van der Waals surface area contributed by atoms with E-state index in [9.17, 15) is 4.79 Å². The quantitative estimate of drug-likeness (QED) is 0.396. The van der Waals surface area contributed by atoms with E-state index in [4.69, 9.17) is 15.1 Å². The van der Waals surface area contributed by atoms with Crippen LogP contribution < -0.4 is 9.64 Å². The lowest BCUT2D eigenvalue weighted by Gasteiger charge is -2.35. The summed E-state index contributed by atoms with van der Waals surface area (Å²) in [5, 5.41) is 18.1. The number of hydrogen-bond acceptors (Lipinski definition) is 6. The molecule has 0 radical (unpaired) electrons. The Morgan fingerprint density at radius 3 is 2.35 bits per heavy atom. The number of allylic oxidation sites excluding steroid dienone is 2. The van der Waals surface area contributed by atoms with Crippen molar-refractivity contribution in [3.05, 3.63) is 101 Å². The number of aliphatic carboxylic acids is 1. The third kappa shape index (κ3) is 7.42. The smallest absolute Gasteiger partial charge is 0.304 e. The monoisotopic (exact) mass is 496 g/mol. The molecule has 37 heavy (non-hydrogen) atoms. The van der Waals surface area contributed by atoms with Crippen LogP contribution in [0.15, 0.2) is 79.0 Å². The Labute approximate surface area is 218 Å². The van der Waals surface area contributed by atoms with Crippen molar-refractivity contribution in [3.63, 3.8) is 0 Å². The Balaban J connectivity index is 1.23. The standard InChI is InChI=1S/C30H32N4O3/c1-2-3-27(18-30(35)36)26-9-11-28(12-10-26)37-22-24-6-4-23(5-7-24)21-33-14-16-34(17-15-33)29-13-8-25(19-31)20-32-29/h2-13,20,27H,14-18,21-22H2,1H3,(H,35,36). The molecule has 0 bridgehead atoms. The van der Waals surface area contributed by atoms with E-state index in [1.54, 1.807) is 6.20 Å². The van der Waals surface area contributed by atoms with Crippen LogP contribution in [0.1, 0.15) is 41.5 Å². The van der Waals surface area contributed by atoms with Gasteiger partial charge in [0, 0.05) is 44.8 Å². The minimum atomic E-state index is -0.811. The number of nitrogens with zero attached hydrogens (tertiary/aromatic N) is 4. The second-order valence-corrected chi connectivity index (χ2v) is 9.18. The third-order valence-corrected chi connectivity index (χ3v) is 6.54. The summed E-state index contributed by atoms with van der Waals surface area (Å²) in [6, 6.07) is 22.0. The van der Waals surface area contributed by atoms with Gasteiger partial charge in [0.1, 0.15) is 24.2 Å². The first-order valence-corrected chi connectivity index (χ1v) is 12.5. The lowest BCUT2D eigenvalue weighted by atomic mass is 9.95. The number of hydrogen-bond donors (Lipinski definition) is 1. The van der Waals surface area contributed by atoms with Crippen molar-refractivity contribution >= 4 is 11.8 Å². The maximum Gasteiger partial charge on any atom is 0.304 e. The summed E-state index contributed by atoms with van der Waals surface area (Å²) in [7, 11) is 0. The second-order valence-electron chi connectivity index (χ2n) is 9.18. The third-order valence-electron chi connectivity index (χ3n) is 6.54. The first-order chi connectivity index (χ1) is 18.0. The first-order valence-electron chi connectivity index (χ1n) is 12.5. The van der Waals surface area contributed by atoms with Gasteiger partial charge in [0.15, 0.2) is 0 Å². The molecule has 1 unspecified atom stereocenters. The van der Waals surface area contributed by atoms with E-state index < -0.39 is 5.97 Å². The number of carbonyl (C=O) groups is 1. The van der Waals surface area contributed by atoms with Crippen molar-refractivity contribution in [1.29, 1.82) is 5.26 Å². The fraction of sp³-hybridized carbons (Fsp3) is 0.300. The van der Waals surface area contributed by atoms with Crippen LogP contribution in [0.2, 0.25) is 0 Å². The SMILES string of the molecule is CC=CC(CC(=O)O)c1ccc(OCc2ccc(CN3CCN(c4ccc(C#N)cn4)CC3)cc2)cc1. The first kappa shape index (κ1) is 25.9. The number of ether oxygens (including phenoxy) is 1. The highest BCUT2D eigenvalue weighted by molar-refractivity contribution is 5.68. The number of aromatic nitrogens is 1. The van der Waals surface area contributed by atoms with Gasteiger partial charge >= 0.3 is 5.97 Å². The van der Waals surface area contributed by atoms with Crippen LogP contribution >= 0.6 is 0 Å². The van der Waals surface area contributed by atoms with Gasteiger partial charge in [-0.05, 0) is 47.9 Å². The van der Waals surface area contributed by atoms with Crippen molar-refractivity contribution in [2.75, 3.05) is 31.1 Å². The zero-order valence-corrected chi connectivity index (χ0v) is 21.1. The van der Waals surface area contributed by atoms with E-state index in [-0.39, 0.29) is 12.3 Å². The van der Waals surface area contributed by atoms with Crippen LogP contribution in [0.4, 0.5) is 5.82 Å². The molecule has 1 aliphatic heterocycles. The zero-order valence-electron chi connectivity index (χ0n) is 21.1. The van der Waals surface area contributed by atoms with Crippen LogP contribution in [0.5, 0.6) is 5.75 Å². The molecule has 7 heteroatoms. The van der Waals surface area contributed by atoms with E-state index in [0.29, 0.717) is 12.2 Å². The highest BCUT2D eigenvalue weighted by Crippen LogP contribution is 2.24. The average molecular weight is 497 g/mol. The van der Waals surface area contributed by atoms with Gasteiger partial charge in [-0.1, -0.05) is 48.6 Å². The predicted octanol–water partition coefficient (Wildman–Crippen LogP) is 4.99. The number of rotatable bonds is 10. The van der Waals surface area contributed by atoms with Crippen molar-refractivity contribution in [2.45, 2.75) is 32.4 Å². The fourth-order valence-corrected chi connectivity index (χ4v) is 4.47. The molecular weight excluding hydrogens is 464 g/mol. The summed E-state index contributed by atoms with van der Waals surface area (Å²) in [6.45, 7) is 7.03. The van der Waals surface area contributed by atoms with E-state index in [1.165, 1.54) is 5.56 Å². The van der Waals surface area contributed by atoms with Gasteiger partial charge in [0.2, 0.25) is 0 Å². The number of pyridine rings is 1. The van der Waals surface area contributed by atoms with E-state index >= 15 is 0 Å². The van der Waals surface area contributed by atoms with Crippen LogP contribution in [-0.4, -0.2) is 47.1 Å². The molecule has 7 nitrogen and oxygen atoms in total. The Bertz CT molecular complexity index is 1220. The highest BCUT2D eigenvalue weighted by atomic mass is 16.5. The van der Waals surface area contributed by atoms with E-state index in [2.05, 4.69) is 45.1 Å². The number of piperazine rings is 1. The molecule has 1 fully saturated rings. The molecule has 1 aliphatic rings. The minimum absolute atomic E-state index is 0.0704. The Kier molecular flexibility index (Phi) is 8.90.